The van der Waals surface area contributed by atoms with Crippen LogP contribution in [0.3, 0.4) is 0 Å². The minimum Gasteiger partial charge on any atom is -0.383 e. The molecule has 1 atom stereocenters. The monoisotopic (exact) mass is 198 g/mol. The molecule has 0 aliphatic carbocycles. The van der Waals surface area contributed by atoms with Crippen LogP contribution in [0.15, 0.2) is 0 Å². The normalized spacial score (nSPS) is 13.6. The summed E-state index contributed by atoms with van der Waals surface area (Å²) in [6, 6.07) is 2.71. The number of nitrogens with zero attached hydrogens (tertiary/aromatic N) is 1. The number of rotatable bonds is 7. The predicted molar refractivity (Wildman–Crippen MR) is 58.0 cm³/mol. The first-order valence-corrected chi connectivity index (χ1v) is 5.19. The SMILES string of the molecule is CCC(COC)NCCC(C)(C)C#N. The minimum atomic E-state index is -0.224. The Morgan fingerprint density at radius 3 is 2.57 bits per heavy atom. The molecule has 0 heterocycles. The molecule has 3 heteroatoms. The molecule has 0 aromatic heterocycles. The molecule has 0 radical (unpaired) electrons. The quantitative estimate of drug-likeness (QED) is 0.680. The first-order valence-electron chi connectivity index (χ1n) is 5.19. The lowest BCUT2D eigenvalue weighted by molar-refractivity contribution is 0.163. The van der Waals surface area contributed by atoms with Crippen molar-refractivity contribution in [2.45, 2.75) is 39.7 Å². The molecule has 3 nitrogen and oxygen atoms in total. The highest BCUT2D eigenvalue weighted by molar-refractivity contribution is 4.91. The Kier molecular flexibility index (Phi) is 6.52. The lowest BCUT2D eigenvalue weighted by Crippen LogP contribution is -2.34. The molecule has 0 aliphatic rings. The molecule has 82 valence electrons. The zero-order chi connectivity index (χ0) is 11.0. The van der Waals surface area contributed by atoms with Gasteiger partial charge >= 0.3 is 0 Å². The smallest absolute Gasteiger partial charge is 0.0684 e. The van der Waals surface area contributed by atoms with Crippen LogP contribution in [-0.2, 0) is 4.74 Å². The standard InChI is InChI=1S/C11H22N2O/c1-5-10(8-14-4)13-7-6-11(2,3)9-12/h10,13H,5-8H2,1-4H3. The Balaban J connectivity index is 3.67. The van der Waals surface area contributed by atoms with E-state index in [0.717, 1.165) is 26.0 Å². The third-order valence-corrected chi connectivity index (χ3v) is 2.35. The highest BCUT2D eigenvalue weighted by Crippen LogP contribution is 2.17. The van der Waals surface area contributed by atoms with Crippen molar-refractivity contribution >= 4 is 0 Å². The fourth-order valence-electron chi connectivity index (χ4n) is 1.17. The molecule has 1 N–H and O–H groups in total. The summed E-state index contributed by atoms with van der Waals surface area (Å²) in [4.78, 5) is 0. The topological polar surface area (TPSA) is 45.0 Å². The van der Waals surface area contributed by atoms with E-state index in [1.54, 1.807) is 7.11 Å². The third-order valence-electron chi connectivity index (χ3n) is 2.35. The lowest BCUT2D eigenvalue weighted by Gasteiger charge is -2.19. The predicted octanol–water partition coefficient (Wildman–Crippen LogP) is 1.94. The van der Waals surface area contributed by atoms with Crippen molar-refractivity contribution in [3.63, 3.8) is 0 Å². The highest BCUT2D eigenvalue weighted by atomic mass is 16.5. The maximum Gasteiger partial charge on any atom is 0.0684 e. The van der Waals surface area contributed by atoms with Gasteiger partial charge in [0.1, 0.15) is 0 Å². The van der Waals surface area contributed by atoms with Crippen LogP contribution >= 0.6 is 0 Å². The van der Waals surface area contributed by atoms with Gasteiger partial charge in [0.05, 0.1) is 18.1 Å². The number of hydrogen-bond acceptors (Lipinski definition) is 3. The fraction of sp³-hybridized carbons (Fsp3) is 0.909. The van der Waals surface area contributed by atoms with Gasteiger partial charge in [-0.1, -0.05) is 6.92 Å². The molecule has 0 fully saturated rings. The van der Waals surface area contributed by atoms with Crippen molar-refractivity contribution in [2.24, 2.45) is 5.41 Å². The van der Waals surface area contributed by atoms with Crippen LogP contribution in [0.2, 0.25) is 0 Å². The molecule has 0 bridgehead atoms. The number of ether oxygens (including phenoxy) is 1. The second-order valence-corrected chi connectivity index (χ2v) is 4.26. The molecular formula is C11H22N2O. The van der Waals surface area contributed by atoms with Gasteiger partial charge in [0.15, 0.2) is 0 Å². The highest BCUT2D eigenvalue weighted by Gasteiger charge is 2.16. The van der Waals surface area contributed by atoms with Crippen LogP contribution in [0.4, 0.5) is 0 Å². The van der Waals surface area contributed by atoms with Crippen LogP contribution < -0.4 is 5.32 Å². The van der Waals surface area contributed by atoms with Gasteiger partial charge in [-0.2, -0.15) is 5.26 Å². The Hall–Kier alpha value is -0.590. The van der Waals surface area contributed by atoms with Crippen molar-refractivity contribution in [1.29, 1.82) is 5.26 Å². The Morgan fingerprint density at radius 1 is 1.50 bits per heavy atom. The summed E-state index contributed by atoms with van der Waals surface area (Å²) in [7, 11) is 1.71. The van der Waals surface area contributed by atoms with Crippen LogP contribution in [-0.4, -0.2) is 26.3 Å². The number of methoxy groups -OCH3 is 1. The largest absolute Gasteiger partial charge is 0.383 e. The maximum atomic E-state index is 8.82. The Bertz CT molecular complexity index is 184. The average Bonchev–Trinajstić information content (AvgIpc) is 2.16. The minimum absolute atomic E-state index is 0.224. The van der Waals surface area contributed by atoms with Gasteiger partial charge in [-0.25, -0.2) is 0 Å². The summed E-state index contributed by atoms with van der Waals surface area (Å²) in [5, 5.41) is 12.2. The molecule has 0 amide bonds. The van der Waals surface area contributed by atoms with Crippen molar-refractivity contribution < 1.29 is 4.74 Å². The van der Waals surface area contributed by atoms with Gasteiger partial charge in [-0.05, 0) is 33.2 Å². The van der Waals surface area contributed by atoms with Gasteiger partial charge in [0.2, 0.25) is 0 Å². The summed E-state index contributed by atoms with van der Waals surface area (Å²) >= 11 is 0. The van der Waals surface area contributed by atoms with Crippen molar-refractivity contribution in [3.05, 3.63) is 0 Å². The van der Waals surface area contributed by atoms with E-state index >= 15 is 0 Å². The van der Waals surface area contributed by atoms with Gasteiger partial charge in [-0.15, -0.1) is 0 Å². The zero-order valence-corrected chi connectivity index (χ0v) is 9.76. The van der Waals surface area contributed by atoms with E-state index in [4.69, 9.17) is 10.00 Å². The molecule has 0 saturated carbocycles. The molecule has 14 heavy (non-hydrogen) atoms. The van der Waals surface area contributed by atoms with Gasteiger partial charge < -0.3 is 10.1 Å². The van der Waals surface area contributed by atoms with Crippen LogP contribution in [0.1, 0.15) is 33.6 Å². The van der Waals surface area contributed by atoms with E-state index in [2.05, 4.69) is 18.3 Å². The number of nitrogens with one attached hydrogen (secondary N) is 1. The third kappa shape index (κ3) is 5.95. The summed E-state index contributed by atoms with van der Waals surface area (Å²) < 4.78 is 5.08. The average molecular weight is 198 g/mol. The first-order chi connectivity index (χ1) is 6.55. The van der Waals surface area contributed by atoms with Crippen molar-refractivity contribution in [1.82, 2.24) is 5.32 Å². The van der Waals surface area contributed by atoms with Crippen molar-refractivity contribution in [3.8, 4) is 6.07 Å². The van der Waals surface area contributed by atoms with Gasteiger partial charge in [0, 0.05) is 13.2 Å². The molecule has 0 aromatic rings. The number of nitriles is 1. The molecule has 0 aromatic carbocycles. The van der Waals surface area contributed by atoms with Crippen LogP contribution in [0.5, 0.6) is 0 Å². The van der Waals surface area contributed by atoms with Crippen LogP contribution in [0, 0.1) is 16.7 Å². The maximum absolute atomic E-state index is 8.82. The second-order valence-electron chi connectivity index (χ2n) is 4.26. The molecule has 1 unspecified atom stereocenters. The van der Waals surface area contributed by atoms with E-state index in [1.165, 1.54) is 0 Å². The Labute approximate surface area is 87.4 Å². The first kappa shape index (κ1) is 13.4. The molecular weight excluding hydrogens is 176 g/mol. The van der Waals surface area contributed by atoms with E-state index in [0.29, 0.717) is 6.04 Å². The molecule has 0 rings (SSSR count). The summed E-state index contributed by atoms with van der Waals surface area (Å²) in [5.41, 5.74) is -0.224. The van der Waals surface area contributed by atoms with E-state index < -0.39 is 0 Å². The lowest BCUT2D eigenvalue weighted by atomic mass is 9.91. The van der Waals surface area contributed by atoms with Gasteiger partial charge in [-0.3, -0.25) is 0 Å². The van der Waals surface area contributed by atoms with E-state index in [1.807, 2.05) is 13.8 Å². The number of hydrogen-bond donors (Lipinski definition) is 1. The van der Waals surface area contributed by atoms with Crippen molar-refractivity contribution in [2.75, 3.05) is 20.3 Å². The summed E-state index contributed by atoms with van der Waals surface area (Å²) in [6.07, 6.45) is 1.94. The molecule has 0 saturated heterocycles. The molecule has 0 aliphatic heterocycles. The molecule has 0 spiro atoms. The zero-order valence-electron chi connectivity index (χ0n) is 9.76. The fourth-order valence-corrected chi connectivity index (χ4v) is 1.17. The van der Waals surface area contributed by atoms with Crippen LogP contribution in [0.25, 0.3) is 0 Å². The Morgan fingerprint density at radius 2 is 2.14 bits per heavy atom. The van der Waals surface area contributed by atoms with E-state index in [-0.39, 0.29) is 5.41 Å². The summed E-state index contributed by atoms with van der Waals surface area (Å²) in [5.74, 6) is 0. The van der Waals surface area contributed by atoms with Gasteiger partial charge in [0.25, 0.3) is 0 Å². The second kappa shape index (κ2) is 6.80. The van der Waals surface area contributed by atoms with E-state index in [9.17, 15) is 0 Å². The summed E-state index contributed by atoms with van der Waals surface area (Å²) in [6.45, 7) is 7.68.